The summed E-state index contributed by atoms with van der Waals surface area (Å²) in [5, 5.41) is 4.66. The van der Waals surface area contributed by atoms with E-state index in [1.165, 1.54) is 0 Å². The minimum atomic E-state index is -0.230. The van der Waals surface area contributed by atoms with Crippen LogP contribution in [-0.2, 0) is 13.0 Å². The van der Waals surface area contributed by atoms with Gasteiger partial charge in [-0.15, -0.1) is 0 Å². The van der Waals surface area contributed by atoms with Crippen LogP contribution in [0.15, 0.2) is 80.7 Å². The zero-order valence-corrected chi connectivity index (χ0v) is 20.1. The predicted octanol–water partition coefficient (Wildman–Crippen LogP) is 4.69. The van der Waals surface area contributed by atoms with E-state index in [4.69, 9.17) is 13.8 Å². The van der Waals surface area contributed by atoms with Gasteiger partial charge in [-0.25, -0.2) is 14.8 Å². The lowest BCUT2D eigenvalue weighted by atomic mass is 10.1. The highest BCUT2D eigenvalue weighted by Gasteiger charge is 2.21. The normalized spacial score (nSPS) is 16.9. The molecule has 0 amide bonds. The summed E-state index contributed by atoms with van der Waals surface area (Å²) in [5.41, 5.74) is 2.87. The van der Waals surface area contributed by atoms with Gasteiger partial charge in [0.15, 0.2) is 5.65 Å². The Morgan fingerprint density at radius 1 is 1.06 bits per heavy atom. The van der Waals surface area contributed by atoms with Crippen LogP contribution in [0.1, 0.15) is 30.6 Å². The average Bonchev–Trinajstić information content (AvgIpc) is 3.46. The van der Waals surface area contributed by atoms with E-state index < -0.39 is 0 Å². The molecule has 1 aliphatic rings. The summed E-state index contributed by atoms with van der Waals surface area (Å²) in [6, 6.07) is 17.7. The van der Waals surface area contributed by atoms with Crippen molar-refractivity contribution in [1.29, 1.82) is 0 Å². The molecule has 1 atom stereocenters. The summed E-state index contributed by atoms with van der Waals surface area (Å²) in [5.74, 6) is 1.69. The molecule has 0 radical (unpaired) electrons. The lowest BCUT2D eigenvalue weighted by Crippen LogP contribution is -2.29. The molecule has 1 fully saturated rings. The number of likely N-dealkylation sites (tertiary alicyclic amines) is 1. The van der Waals surface area contributed by atoms with Gasteiger partial charge >= 0.3 is 5.63 Å². The third kappa shape index (κ3) is 4.77. The van der Waals surface area contributed by atoms with Crippen molar-refractivity contribution in [2.75, 3.05) is 25.0 Å². The summed E-state index contributed by atoms with van der Waals surface area (Å²) >= 11 is 0. The molecule has 0 bridgehead atoms. The molecule has 1 aliphatic heterocycles. The van der Waals surface area contributed by atoms with Crippen molar-refractivity contribution in [1.82, 2.24) is 19.4 Å². The fourth-order valence-electron chi connectivity index (χ4n) is 5.04. The molecule has 6 rings (SSSR count). The zero-order valence-electron chi connectivity index (χ0n) is 20.1. The van der Waals surface area contributed by atoms with Gasteiger partial charge in [0.25, 0.3) is 0 Å². The minimum Gasteiger partial charge on any atom is -0.467 e. The largest absolute Gasteiger partial charge is 0.467 e. The standard InChI is InChI=1S/C28H29N5O3/c34-27-21(18-20-6-1-2-10-25(20)36-27)11-15-32-14-4-7-22(12-16-32)30-28-31-24-9-3-13-29-26(24)33(28)19-23-8-5-17-35-23/h1-3,5-6,8-10,13,17-18,22H,4,7,11-12,14-16,19H2,(H,30,31). The number of furan rings is 1. The Morgan fingerprint density at radius 3 is 2.92 bits per heavy atom. The summed E-state index contributed by atoms with van der Waals surface area (Å²) in [7, 11) is 0. The minimum absolute atomic E-state index is 0.230. The number of aromatic nitrogens is 3. The zero-order chi connectivity index (χ0) is 24.3. The molecule has 1 N–H and O–H groups in total. The maximum absolute atomic E-state index is 12.4. The molecule has 4 aromatic heterocycles. The van der Waals surface area contributed by atoms with Crippen LogP contribution in [0, 0.1) is 0 Å². The first-order valence-corrected chi connectivity index (χ1v) is 12.6. The number of imidazole rings is 1. The molecule has 8 heteroatoms. The second kappa shape index (κ2) is 9.99. The molecule has 1 unspecified atom stereocenters. The van der Waals surface area contributed by atoms with E-state index in [0.29, 0.717) is 24.6 Å². The molecule has 0 aliphatic carbocycles. The molecular weight excluding hydrogens is 454 g/mol. The lowest BCUT2D eigenvalue weighted by Gasteiger charge is -2.20. The van der Waals surface area contributed by atoms with Crippen molar-refractivity contribution in [3.8, 4) is 0 Å². The average molecular weight is 484 g/mol. The Hall–Kier alpha value is -3.91. The molecule has 5 heterocycles. The van der Waals surface area contributed by atoms with E-state index in [2.05, 4.69) is 19.8 Å². The van der Waals surface area contributed by atoms with E-state index in [0.717, 1.165) is 72.7 Å². The van der Waals surface area contributed by atoms with Crippen molar-refractivity contribution in [3.63, 3.8) is 0 Å². The van der Waals surface area contributed by atoms with Crippen LogP contribution in [-0.4, -0.2) is 45.1 Å². The fourth-order valence-corrected chi connectivity index (χ4v) is 5.04. The predicted molar refractivity (Wildman–Crippen MR) is 139 cm³/mol. The number of rotatable bonds is 7. The van der Waals surface area contributed by atoms with Crippen molar-refractivity contribution in [3.05, 3.63) is 88.8 Å². The lowest BCUT2D eigenvalue weighted by molar-refractivity contribution is 0.287. The van der Waals surface area contributed by atoms with Crippen molar-refractivity contribution in [2.45, 2.75) is 38.3 Å². The summed E-state index contributed by atoms with van der Waals surface area (Å²) in [6.45, 7) is 3.40. The summed E-state index contributed by atoms with van der Waals surface area (Å²) in [4.78, 5) is 24.3. The first-order chi connectivity index (χ1) is 17.7. The van der Waals surface area contributed by atoms with Crippen LogP contribution in [0.3, 0.4) is 0 Å². The number of hydrogen-bond donors (Lipinski definition) is 1. The maximum Gasteiger partial charge on any atom is 0.339 e. The van der Waals surface area contributed by atoms with E-state index in [-0.39, 0.29) is 5.63 Å². The maximum atomic E-state index is 12.4. The van der Waals surface area contributed by atoms with E-state index >= 15 is 0 Å². The third-order valence-electron chi connectivity index (χ3n) is 6.96. The van der Waals surface area contributed by atoms with Gasteiger partial charge in [0.2, 0.25) is 5.95 Å². The first kappa shape index (κ1) is 22.5. The number of fused-ring (bicyclic) bond motifs is 2. The van der Waals surface area contributed by atoms with Gasteiger partial charge in [-0.2, -0.15) is 0 Å². The molecular formula is C28H29N5O3. The number of hydrogen-bond acceptors (Lipinski definition) is 7. The number of nitrogens with zero attached hydrogens (tertiary/aromatic N) is 4. The number of nitrogens with one attached hydrogen (secondary N) is 1. The van der Waals surface area contributed by atoms with Crippen molar-refractivity contribution >= 4 is 28.1 Å². The Kier molecular flexibility index (Phi) is 6.26. The van der Waals surface area contributed by atoms with Crippen molar-refractivity contribution in [2.24, 2.45) is 0 Å². The van der Waals surface area contributed by atoms with Gasteiger partial charge in [0.05, 0.1) is 12.8 Å². The van der Waals surface area contributed by atoms with E-state index in [1.807, 2.05) is 54.6 Å². The highest BCUT2D eigenvalue weighted by molar-refractivity contribution is 5.76. The molecule has 8 nitrogen and oxygen atoms in total. The van der Waals surface area contributed by atoms with Crippen LogP contribution in [0.4, 0.5) is 5.95 Å². The van der Waals surface area contributed by atoms with Crippen molar-refractivity contribution < 1.29 is 8.83 Å². The van der Waals surface area contributed by atoms with Gasteiger partial charge in [-0.3, -0.25) is 4.57 Å². The fraction of sp³-hybridized carbons (Fsp3) is 0.321. The highest BCUT2D eigenvalue weighted by Crippen LogP contribution is 2.23. The molecule has 184 valence electrons. The van der Waals surface area contributed by atoms with Gasteiger partial charge in [-0.1, -0.05) is 18.2 Å². The van der Waals surface area contributed by atoms with E-state index in [1.54, 1.807) is 12.5 Å². The second-order valence-corrected chi connectivity index (χ2v) is 9.41. The Bertz CT molecular complexity index is 1520. The number of para-hydroxylation sites is 1. The Morgan fingerprint density at radius 2 is 2.00 bits per heavy atom. The van der Waals surface area contributed by atoms with Gasteiger partial charge in [0.1, 0.15) is 16.9 Å². The smallest absolute Gasteiger partial charge is 0.339 e. The molecule has 1 aromatic carbocycles. The summed E-state index contributed by atoms with van der Waals surface area (Å²) < 4.78 is 13.2. The summed E-state index contributed by atoms with van der Waals surface area (Å²) in [6.07, 6.45) is 7.33. The number of benzene rings is 1. The van der Waals surface area contributed by atoms with Crippen LogP contribution < -0.4 is 10.9 Å². The number of anilines is 1. The Labute approximate surface area is 208 Å². The van der Waals surface area contributed by atoms with Gasteiger partial charge in [0, 0.05) is 36.3 Å². The topological polar surface area (TPSA) is 89.3 Å². The van der Waals surface area contributed by atoms with Crippen LogP contribution >= 0.6 is 0 Å². The van der Waals surface area contributed by atoms with Crippen LogP contribution in [0.25, 0.3) is 22.1 Å². The SMILES string of the molecule is O=c1oc2ccccc2cc1CCN1CCCC(Nc2nc3cccnc3n2Cc2ccco2)CC1. The quantitative estimate of drug-likeness (QED) is 0.336. The van der Waals surface area contributed by atoms with E-state index in [9.17, 15) is 4.79 Å². The Balaban J connectivity index is 1.12. The molecule has 1 saturated heterocycles. The van der Waals surface area contributed by atoms with Crippen LogP contribution in [0.5, 0.6) is 0 Å². The third-order valence-corrected chi connectivity index (χ3v) is 6.96. The first-order valence-electron chi connectivity index (χ1n) is 12.6. The van der Waals surface area contributed by atoms with Gasteiger partial charge in [-0.05, 0) is 68.6 Å². The molecule has 5 aromatic rings. The second-order valence-electron chi connectivity index (χ2n) is 9.41. The van der Waals surface area contributed by atoms with Gasteiger partial charge < -0.3 is 19.1 Å². The van der Waals surface area contributed by atoms with Crippen LogP contribution in [0.2, 0.25) is 0 Å². The molecule has 0 spiro atoms. The molecule has 0 saturated carbocycles. The number of pyridine rings is 1. The highest BCUT2D eigenvalue weighted by atomic mass is 16.4. The molecule has 36 heavy (non-hydrogen) atoms. The monoisotopic (exact) mass is 483 g/mol.